The fourth-order valence-electron chi connectivity index (χ4n) is 14.6. The molecular weight excluding hydrogens is 1090 g/mol. The van der Waals surface area contributed by atoms with Crippen LogP contribution in [-0.2, 0) is 45.1 Å². The highest BCUT2D eigenvalue weighted by Gasteiger charge is 2.66. The zero-order chi connectivity index (χ0) is 58.6. The molecule has 1 saturated heterocycles. The Balaban J connectivity index is 0.732. The van der Waals surface area contributed by atoms with Gasteiger partial charge in [-0.05, 0) is 135 Å². The summed E-state index contributed by atoms with van der Waals surface area (Å²) in [5.41, 5.74) is 10.8. The van der Waals surface area contributed by atoms with E-state index in [0.29, 0.717) is 72.2 Å². The minimum Gasteiger partial charge on any atom is -0.493 e. The maximum absolute atomic E-state index is 13.8. The van der Waals surface area contributed by atoms with E-state index in [-0.39, 0.29) is 65.7 Å². The highest BCUT2D eigenvalue weighted by molar-refractivity contribution is 7.22. The third-order valence-electron chi connectivity index (χ3n) is 17.2. The highest BCUT2D eigenvalue weighted by atomic mass is 32.1. The van der Waals surface area contributed by atoms with E-state index in [1.54, 1.807) is 19.3 Å². The van der Waals surface area contributed by atoms with E-state index in [2.05, 4.69) is 24.1 Å². The van der Waals surface area contributed by atoms with E-state index < -0.39 is 54.3 Å². The Morgan fingerprint density at radius 1 is 0.892 bits per heavy atom. The summed E-state index contributed by atoms with van der Waals surface area (Å²) in [6, 6.07) is 21.6. The Hall–Kier alpha value is -7.25. The lowest BCUT2D eigenvalue weighted by molar-refractivity contribution is -0.271. The summed E-state index contributed by atoms with van der Waals surface area (Å²) < 4.78 is 32.7. The van der Waals surface area contributed by atoms with Crippen molar-refractivity contribution in [2.45, 2.75) is 128 Å². The van der Waals surface area contributed by atoms with Crippen LogP contribution in [-0.4, -0.2) is 150 Å². The van der Waals surface area contributed by atoms with Crippen molar-refractivity contribution in [3.8, 4) is 22.6 Å². The number of carboxylic acids is 2. The Bertz CT molecular complexity index is 3410. The van der Waals surface area contributed by atoms with Crippen molar-refractivity contribution in [1.29, 1.82) is 0 Å². The molecule has 23 heteroatoms. The van der Waals surface area contributed by atoms with E-state index in [9.17, 15) is 44.7 Å². The van der Waals surface area contributed by atoms with Crippen LogP contribution in [0.25, 0.3) is 21.3 Å². The topological polar surface area (TPSA) is 304 Å². The molecule has 4 saturated carbocycles. The number of fused-ring (bicyclic) bond motifs is 2. The summed E-state index contributed by atoms with van der Waals surface area (Å²) in [4.78, 5) is 64.8. The van der Waals surface area contributed by atoms with Crippen molar-refractivity contribution >= 4 is 56.4 Å². The zero-order valence-corrected chi connectivity index (χ0v) is 47.6. The molecule has 7 atom stereocenters. The van der Waals surface area contributed by atoms with Crippen molar-refractivity contribution in [2.75, 3.05) is 50.1 Å². The fourth-order valence-corrected chi connectivity index (χ4v) is 15.4. The lowest BCUT2D eigenvalue weighted by atomic mass is 9.39. The summed E-state index contributed by atoms with van der Waals surface area (Å²) in [6.45, 7) is 9.19. The SMILES string of the molecule is Cc1c(-c2ccc(N3CCc4cccc(C(=O)Nc5nc6ccccc6s5)c4C3)nc2C(=O)O)cnn1CC12CC3(C)CC(C)(C1)CC(OCCN(C)C(=O)OCc1ccc(O[C@@H]4O[C@H](C(=O)O)[C@@H](O)[C@H](O)[C@H]4O)cc1OCCCN)(C3)C2. The molecule has 0 radical (unpaired) electrons. The summed E-state index contributed by atoms with van der Waals surface area (Å²) in [5.74, 6) is -2.10. The van der Waals surface area contributed by atoms with Gasteiger partial charge in [0.25, 0.3) is 5.91 Å². The number of aliphatic carboxylic acids is 1. The number of aliphatic hydroxyl groups is 3. The predicted molar refractivity (Wildman–Crippen MR) is 304 cm³/mol. The fraction of sp³-hybridized carbons (Fsp3) is 0.483. The molecule has 6 aromatic rings. The second-order valence-corrected chi connectivity index (χ2v) is 25.1. The van der Waals surface area contributed by atoms with Gasteiger partial charge in [0.05, 0.1) is 35.2 Å². The van der Waals surface area contributed by atoms with Gasteiger partial charge in [0.2, 0.25) is 6.29 Å². The standard InChI is InChI=1S/C60H70N8O14S/c1-34-40(38-15-16-45(64-46(38)52(73)74)67-19-17-35-9-7-10-39(41(35)25-67)51(72)65-55-63-42-11-5-6-12-44(42)83-55)24-62-68(34)33-59-28-57(2)27-58(3,29-59)31-60(30-57,32-59)80-22-20-66(4)56(77)79-26-36-13-14-37(23-43(36)78-21-8-18-61)81-54-49(71)47(69)48(70)50(82-54)53(75)76/h5-7,9-16,23-24,47-50,54,69-71H,8,17-22,25-33,61H2,1-4H3,(H,73,74)(H,75,76)(H,63,65,72)/t47-,48-,49+,50-,54+,57?,58?,59?,60?/m0/s1. The molecule has 6 aliphatic rings. The number of aromatic nitrogens is 4. The number of para-hydroxylation sites is 1. The van der Waals surface area contributed by atoms with Gasteiger partial charge in [0, 0.05) is 67.2 Å². The number of pyridine rings is 1. The Morgan fingerprint density at radius 2 is 1.67 bits per heavy atom. The third kappa shape index (κ3) is 11.7. The lowest BCUT2D eigenvalue weighted by Crippen LogP contribution is -2.64. The Kier molecular flexibility index (Phi) is 15.8. The van der Waals surface area contributed by atoms with Crippen LogP contribution >= 0.6 is 11.3 Å². The van der Waals surface area contributed by atoms with Gasteiger partial charge in [-0.3, -0.25) is 14.8 Å². The van der Waals surface area contributed by atoms with Gasteiger partial charge in [-0.2, -0.15) is 5.10 Å². The molecule has 5 fully saturated rings. The summed E-state index contributed by atoms with van der Waals surface area (Å²) in [7, 11) is 1.64. The third-order valence-corrected chi connectivity index (χ3v) is 18.1. The lowest BCUT2D eigenvalue weighted by Gasteiger charge is -2.69. The first-order chi connectivity index (χ1) is 39.6. The van der Waals surface area contributed by atoms with Gasteiger partial charge in [0.15, 0.2) is 16.9 Å². The van der Waals surface area contributed by atoms with Crippen molar-refractivity contribution in [1.82, 2.24) is 24.6 Å². The highest BCUT2D eigenvalue weighted by Crippen LogP contribution is 2.72. The average molecular weight is 1160 g/mol. The molecule has 4 bridgehead atoms. The Morgan fingerprint density at radius 3 is 2.42 bits per heavy atom. The van der Waals surface area contributed by atoms with E-state index in [1.807, 2.05) is 71.1 Å². The van der Waals surface area contributed by atoms with Crippen molar-refractivity contribution in [3.63, 3.8) is 0 Å². The number of carboxylic acid groups (broad SMARTS) is 2. The van der Waals surface area contributed by atoms with Crippen LogP contribution in [0.1, 0.15) is 102 Å². The number of amides is 2. The van der Waals surface area contributed by atoms with Gasteiger partial charge in [-0.15, -0.1) is 0 Å². The van der Waals surface area contributed by atoms with Gasteiger partial charge in [-0.25, -0.2) is 24.4 Å². The minimum atomic E-state index is -1.88. The number of benzene rings is 3. The number of nitrogens with two attached hydrogens (primary N) is 1. The van der Waals surface area contributed by atoms with Crippen LogP contribution in [0.4, 0.5) is 15.7 Å². The summed E-state index contributed by atoms with van der Waals surface area (Å²) in [6.07, 6.45) is -1.05. The first kappa shape index (κ1) is 57.6. The van der Waals surface area contributed by atoms with Gasteiger partial charge >= 0.3 is 18.0 Å². The molecule has 440 valence electrons. The molecule has 8 N–H and O–H groups in total. The normalized spacial score (nSPS) is 27.0. The number of thiazole rings is 1. The second-order valence-electron chi connectivity index (χ2n) is 24.0. The van der Waals surface area contributed by atoms with Crippen molar-refractivity contribution in [2.24, 2.45) is 22.0 Å². The number of aliphatic hydroxyl groups excluding tert-OH is 3. The van der Waals surface area contributed by atoms with E-state index >= 15 is 0 Å². The number of nitrogens with one attached hydrogen (secondary N) is 1. The molecule has 5 heterocycles. The number of rotatable bonds is 20. The van der Waals surface area contributed by atoms with Crippen LogP contribution in [0.2, 0.25) is 0 Å². The van der Waals surface area contributed by atoms with Crippen molar-refractivity contribution in [3.05, 3.63) is 113 Å². The molecule has 2 unspecified atom stereocenters. The first-order valence-corrected chi connectivity index (χ1v) is 28.8. The van der Waals surface area contributed by atoms with E-state index in [1.165, 1.54) is 28.4 Å². The number of anilines is 2. The molecule has 22 nitrogen and oxygen atoms in total. The monoisotopic (exact) mass is 1160 g/mol. The molecule has 83 heavy (non-hydrogen) atoms. The molecule has 12 rings (SSSR count). The molecule has 0 spiro atoms. The number of likely N-dealkylation sites (N-methyl/N-ethyl adjacent to an activating group) is 1. The number of hydrogen-bond acceptors (Lipinski definition) is 18. The molecule has 4 aliphatic carbocycles. The largest absolute Gasteiger partial charge is 0.493 e. The number of hydrogen-bond donors (Lipinski definition) is 7. The van der Waals surface area contributed by atoms with E-state index in [4.69, 9.17) is 39.5 Å². The van der Waals surface area contributed by atoms with Gasteiger partial charge in [-0.1, -0.05) is 49.4 Å². The number of carbonyl (C=O) groups excluding carboxylic acids is 2. The second kappa shape index (κ2) is 22.7. The average Bonchev–Trinajstić information content (AvgIpc) is 1.13. The van der Waals surface area contributed by atoms with Crippen LogP contribution in [0.5, 0.6) is 11.5 Å². The first-order valence-electron chi connectivity index (χ1n) is 28.0. The number of nitrogens with zero attached hydrogens (tertiary/aromatic N) is 6. The quantitative estimate of drug-likeness (QED) is 0.0388. The molecule has 3 aromatic heterocycles. The van der Waals surface area contributed by atoms with Crippen molar-refractivity contribution < 1.29 is 68.4 Å². The van der Waals surface area contributed by atoms with Crippen LogP contribution < -0.4 is 25.4 Å². The van der Waals surface area contributed by atoms with E-state index in [0.717, 1.165) is 65.6 Å². The van der Waals surface area contributed by atoms with Crippen LogP contribution in [0, 0.1) is 23.2 Å². The number of ether oxygens (including phenoxy) is 5. The summed E-state index contributed by atoms with van der Waals surface area (Å²) >= 11 is 1.42. The Labute approximate surface area is 483 Å². The van der Waals surface area contributed by atoms with Gasteiger partial charge < -0.3 is 64.8 Å². The smallest absolute Gasteiger partial charge is 0.409 e. The molecule has 3 aromatic carbocycles. The maximum Gasteiger partial charge on any atom is 0.409 e. The number of aromatic carboxylic acids is 1. The molecular formula is C60H70N8O14S. The number of carbonyl (C=O) groups is 4. The van der Waals surface area contributed by atoms with Crippen LogP contribution in [0.3, 0.4) is 0 Å². The van der Waals surface area contributed by atoms with Crippen LogP contribution in [0.15, 0.2) is 79.0 Å². The minimum absolute atomic E-state index is 0.00276. The molecule has 2 aliphatic heterocycles. The molecule has 2 amide bonds. The predicted octanol–water partition coefficient (Wildman–Crippen LogP) is 6.78. The van der Waals surface area contributed by atoms with Gasteiger partial charge in [0.1, 0.15) is 42.2 Å². The maximum atomic E-state index is 13.8. The zero-order valence-electron chi connectivity index (χ0n) is 46.8. The summed E-state index contributed by atoms with van der Waals surface area (Å²) in [5, 5.41) is 59.5.